The predicted octanol–water partition coefficient (Wildman–Crippen LogP) is 5.39. The molecule has 0 fully saturated rings. The summed E-state index contributed by atoms with van der Waals surface area (Å²) in [5.41, 5.74) is 2.15. The van der Waals surface area contributed by atoms with Gasteiger partial charge in [-0.1, -0.05) is 56.6 Å². The van der Waals surface area contributed by atoms with E-state index in [1.807, 2.05) is 38.1 Å². The quantitative estimate of drug-likeness (QED) is 0.434. The van der Waals surface area contributed by atoms with Gasteiger partial charge in [0.05, 0.1) is 6.61 Å². The number of benzene rings is 2. The van der Waals surface area contributed by atoms with Gasteiger partial charge in [0.2, 0.25) is 11.8 Å². The van der Waals surface area contributed by atoms with Crippen LogP contribution in [0.1, 0.15) is 51.2 Å². The minimum Gasteiger partial charge on any atom is -0.494 e. The fourth-order valence-corrected chi connectivity index (χ4v) is 3.53. The molecular formula is C26H35ClN2O3. The molecule has 0 spiro atoms. The highest BCUT2D eigenvalue weighted by Gasteiger charge is 2.28. The van der Waals surface area contributed by atoms with Crippen LogP contribution in [0, 0.1) is 12.8 Å². The van der Waals surface area contributed by atoms with Gasteiger partial charge < -0.3 is 15.0 Å². The number of hydrogen-bond acceptors (Lipinski definition) is 3. The highest BCUT2D eigenvalue weighted by molar-refractivity contribution is 6.30. The van der Waals surface area contributed by atoms with Crippen molar-refractivity contribution in [3.8, 4) is 5.75 Å². The van der Waals surface area contributed by atoms with E-state index in [4.69, 9.17) is 16.3 Å². The third-order valence-corrected chi connectivity index (χ3v) is 5.54. The van der Waals surface area contributed by atoms with Crippen molar-refractivity contribution in [1.82, 2.24) is 10.2 Å². The topological polar surface area (TPSA) is 58.6 Å². The first kappa shape index (κ1) is 25.7. The van der Waals surface area contributed by atoms with Gasteiger partial charge in [-0.2, -0.15) is 0 Å². The predicted molar refractivity (Wildman–Crippen MR) is 130 cm³/mol. The van der Waals surface area contributed by atoms with E-state index in [0.29, 0.717) is 49.9 Å². The third-order valence-electron chi connectivity index (χ3n) is 5.29. The number of carbonyl (C=O) groups is 2. The molecule has 2 aromatic rings. The molecular weight excluding hydrogens is 424 g/mol. The van der Waals surface area contributed by atoms with Gasteiger partial charge in [0.25, 0.3) is 0 Å². The van der Waals surface area contributed by atoms with Gasteiger partial charge in [0, 0.05) is 24.5 Å². The second kappa shape index (κ2) is 13.1. The van der Waals surface area contributed by atoms with Gasteiger partial charge in [-0.15, -0.1) is 0 Å². The molecule has 0 aliphatic carbocycles. The van der Waals surface area contributed by atoms with Crippen molar-refractivity contribution >= 4 is 23.4 Å². The van der Waals surface area contributed by atoms with E-state index in [9.17, 15) is 9.59 Å². The zero-order valence-corrected chi connectivity index (χ0v) is 20.3. The van der Waals surface area contributed by atoms with Crippen molar-refractivity contribution in [1.29, 1.82) is 0 Å². The summed E-state index contributed by atoms with van der Waals surface area (Å²) < 4.78 is 5.72. The Morgan fingerprint density at radius 3 is 2.41 bits per heavy atom. The lowest BCUT2D eigenvalue weighted by Gasteiger charge is -2.31. The second-order valence-electron chi connectivity index (χ2n) is 8.42. The lowest BCUT2D eigenvalue weighted by atomic mass is 10.0. The highest BCUT2D eigenvalue weighted by atomic mass is 35.5. The maximum absolute atomic E-state index is 13.2. The Balaban J connectivity index is 2.05. The zero-order chi connectivity index (χ0) is 23.5. The van der Waals surface area contributed by atoms with Gasteiger partial charge in [-0.05, 0) is 61.1 Å². The van der Waals surface area contributed by atoms with E-state index in [1.54, 1.807) is 29.2 Å². The van der Waals surface area contributed by atoms with Crippen LogP contribution in [-0.4, -0.2) is 35.9 Å². The van der Waals surface area contributed by atoms with Gasteiger partial charge in [0.15, 0.2) is 0 Å². The molecule has 0 bridgehead atoms. The molecule has 2 aromatic carbocycles. The number of ether oxygens (including phenoxy) is 1. The molecule has 174 valence electrons. The number of carbonyl (C=O) groups excluding carboxylic acids is 2. The molecule has 0 saturated carbocycles. The summed E-state index contributed by atoms with van der Waals surface area (Å²) >= 11 is 5.90. The molecule has 5 nitrogen and oxygen atoms in total. The summed E-state index contributed by atoms with van der Waals surface area (Å²) in [6.45, 7) is 9.51. The van der Waals surface area contributed by atoms with E-state index in [2.05, 4.69) is 19.2 Å². The van der Waals surface area contributed by atoms with Gasteiger partial charge in [-0.3, -0.25) is 9.59 Å². The molecule has 2 amide bonds. The number of rotatable bonds is 12. The van der Waals surface area contributed by atoms with Crippen molar-refractivity contribution in [3.63, 3.8) is 0 Å². The summed E-state index contributed by atoms with van der Waals surface area (Å²) in [5, 5.41) is 3.65. The standard InChI is InChI=1S/C26H35ClN2O3/c1-5-24(26(31)28-17-19(2)3)29(18-21-10-7-6-9-20(21)4)25(30)11-8-16-32-23-14-12-22(27)13-15-23/h6-7,9-10,12-15,19,24H,5,8,11,16-18H2,1-4H3,(H,28,31)/t24-/m0/s1. The van der Waals surface area contributed by atoms with E-state index in [1.165, 1.54) is 0 Å². The molecule has 0 aliphatic heterocycles. The van der Waals surface area contributed by atoms with E-state index >= 15 is 0 Å². The van der Waals surface area contributed by atoms with Gasteiger partial charge in [0.1, 0.15) is 11.8 Å². The van der Waals surface area contributed by atoms with Crippen LogP contribution in [0.3, 0.4) is 0 Å². The number of halogens is 1. The first-order valence-electron chi connectivity index (χ1n) is 11.3. The lowest BCUT2D eigenvalue weighted by Crippen LogP contribution is -2.49. The van der Waals surface area contributed by atoms with Crippen molar-refractivity contribution in [3.05, 3.63) is 64.7 Å². The molecule has 1 N–H and O–H groups in total. The van der Waals surface area contributed by atoms with Gasteiger partial charge >= 0.3 is 0 Å². The Morgan fingerprint density at radius 2 is 1.78 bits per heavy atom. The van der Waals surface area contributed by atoms with Crippen LogP contribution >= 0.6 is 11.6 Å². The fraction of sp³-hybridized carbons (Fsp3) is 0.462. The molecule has 0 aromatic heterocycles. The van der Waals surface area contributed by atoms with Crippen LogP contribution in [0.5, 0.6) is 5.75 Å². The molecule has 2 rings (SSSR count). The Kier molecular flexibility index (Phi) is 10.5. The van der Waals surface area contributed by atoms with Crippen LogP contribution in [0.2, 0.25) is 5.02 Å². The number of hydrogen-bond donors (Lipinski definition) is 1. The Bertz CT molecular complexity index is 868. The summed E-state index contributed by atoms with van der Waals surface area (Å²) in [6, 6.07) is 14.6. The molecule has 0 aliphatic rings. The molecule has 1 atom stereocenters. The number of amides is 2. The maximum atomic E-state index is 13.2. The van der Waals surface area contributed by atoms with E-state index in [-0.39, 0.29) is 11.8 Å². The van der Waals surface area contributed by atoms with Crippen LogP contribution in [-0.2, 0) is 16.1 Å². The normalized spacial score (nSPS) is 11.8. The average molecular weight is 459 g/mol. The van der Waals surface area contributed by atoms with Crippen molar-refractivity contribution in [2.24, 2.45) is 5.92 Å². The van der Waals surface area contributed by atoms with E-state index in [0.717, 1.165) is 16.9 Å². The first-order valence-corrected chi connectivity index (χ1v) is 11.7. The lowest BCUT2D eigenvalue weighted by molar-refractivity contribution is -0.141. The number of nitrogens with zero attached hydrogens (tertiary/aromatic N) is 1. The fourth-order valence-electron chi connectivity index (χ4n) is 3.40. The minimum absolute atomic E-state index is 0.0421. The van der Waals surface area contributed by atoms with Crippen LogP contribution in [0.4, 0.5) is 0 Å². The molecule has 0 heterocycles. The van der Waals surface area contributed by atoms with Gasteiger partial charge in [-0.25, -0.2) is 0 Å². The number of nitrogens with one attached hydrogen (secondary N) is 1. The van der Waals surface area contributed by atoms with Crippen LogP contribution in [0.15, 0.2) is 48.5 Å². The SMILES string of the molecule is CC[C@@H](C(=O)NCC(C)C)N(Cc1ccccc1C)C(=O)CCCOc1ccc(Cl)cc1. The average Bonchev–Trinajstić information content (AvgIpc) is 2.77. The van der Waals surface area contributed by atoms with Crippen LogP contribution in [0.25, 0.3) is 0 Å². The maximum Gasteiger partial charge on any atom is 0.242 e. The second-order valence-corrected chi connectivity index (χ2v) is 8.85. The zero-order valence-electron chi connectivity index (χ0n) is 19.6. The number of aryl methyl sites for hydroxylation is 1. The van der Waals surface area contributed by atoms with Crippen molar-refractivity contribution < 1.29 is 14.3 Å². The summed E-state index contributed by atoms with van der Waals surface area (Å²) in [6.07, 6.45) is 1.44. The highest BCUT2D eigenvalue weighted by Crippen LogP contribution is 2.18. The molecule has 0 radical (unpaired) electrons. The van der Waals surface area contributed by atoms with Crippen molar-refractivity contribution in [2.75, 3.05) is 13.2 Å². The minimum atomic E-state index is -0.502. The monoisotopic (exact) mass is 458 g/mol. The van der Waals surface area contributed by atoms with Crippen molar-refractivity contribution in [2.45, 2.75) is 59.5 Å². The van der Waals surface area contributed by atoms with E-state index < -0.39 is 6.04 Å². The third kappa shape index (κ3) is 8.19. The molecule has 0 saturated heterocycles. The summed E-state index contributed by atoms with van der Waals surface area (Å²) in [4.78, 5) is 27.9. The Hall–Kier alpha value is -2.53. The van der Waals surface area contributed by atoms with Crippen LogP contribution < -0.4 is 10.1 Å². The largest absolute Gasteiger partial charge is 0.494 e. The molecule has 6 heteroatoms. The first-order chi connectivity index (χ1) is 15.3. The smallest absolute Gasteiger partial charge is 0.242 e. The molecule has 32 heavy (non-hydrogen) atoms. The Labute approximate surface area is 197 Å². The summed E-state index contributed by atoms with van der Waals surface area (Å²) in [7, 11) is 0. The summed E-state index contributed by atoms with van der Waals surface area (Å²) in [5.74, 6) is 0.931. The Morgan fingerprint density at radius 1 is 1.09 bits per heavy atom. The molecule has 0 unspecified atom stereocenters.